The van der Waals surface area contributed by atoms with Gasteiger partial charge in [-0.1, -0.05) is 54.6 Å². The highest BCUT2D eigenvalue weighted by atomic mass is 16.5. The lowest BCUT2D eigenvalue weighted by Gasteiger charge is -2.36. The molecule has 7 nitrogen and oxygen atoms in total. The molecule has 1 saturated heterocycles. The fourth-order valence-corrected chi connectivity index (χ4v) is 5.01. The van der Waals surface area contributed by atoms with E-state index < -0.39 is 0 Å². The summed E-state index contributed by atoms with van der Waals surface area (Å²) in [6.07, 6.45) is 4.43. The largest absolute Gasteiger partial charge is 0.494 e. The van der Waals surface area contributed by atoms with E-state index in [1.807, 2.05) is 82.4 Å². The molecule has 0 unspecified atom stereocenters. The lowest BCUT2D eigenvalue weighted by atomic mass is 10.1. The average molecular weight is 492 g/mol. The molecule has 0 bridgehead atoms. The van der Waals surface area contributed by atoms with Crippen molar-refractivity contribution in [2.45, 2.75) is 12.5 Å². The molecular weight excluding hydrogens is 462 g/mol. The molecule has 0 radical (unpaired) electrons. The first-order chi connectivity index (χ1) is 18.3. The number of aromatic nitrogens is 3. The number of imidazole rings is 1. The van der Waals surface area contributed by atoms with Crippen molar-refractivity contribution in [3.63, 3.8) is 0 Å². The average Bonchev–Trinajstić information content (AvgIpc) is 3.61. The smallest absolute Gasteiger partial charge is 0.275 e. The van der Waals surface area contributed by atoms with Crippen LogP contribution in [0.5, 0.6) is 5.75 Å². The number of piperazine rings is 1. The zero-order valence-corrected chi connectivity index (χ0v) is 20.5. The first kappa shape index (κ1) is 23.1. The highest BCUT2D eigenvalue weighted by Crippen LogP contribution is 2.29. The first-order valence-electron chi connectivity index (χ1n) is 12.7. The van der Waals surface area contributed by atoms with E-state index in [1.165, 1.54) is 0 Å². The van der Waals surface area contributed by atoms with Crippen molar-refractivity contribution in [1.29, 1.82) is 0 Å². The molecule has 0 saturated carbocycles. The molecule has 3 heterocycles. The molecule has 2 aromatic heterocycles. The second-order valence-corrected chi connectivity index (χ2v) is 9.23. The van der Waals surface area contributed by atoms with E-state index in [1.54, 1.807) is 6.33 Å². The van der Waals surface area contributed by atoms with Crippen LogP contribution >= 0.6 is 0 Å². The quantitative estimate of drug-likeness (QED) is 0.340. The SMILES string of the molecule is O=C(c1ncn(-c2ccc3cc[nH]c3c2)c1-c1ccccc1)N1CCNC[C@H]1CCOc1ccccc1. The molecule has 1 amide bonds. The number of nitrogens with one attached hydrogen (secondary N) is 2. The van der Waals surface area contributed by atoms with E-state index in [0.717, 1.165) is 53.1 Å². The maximum Gasteiger partial charge on any atom is 0.275 e. The molecule has 1 aliphatic heterocycles. The highest BCUT2D eigenvalue weighted by molar-refractivity contribution is 5.99. The number of ether oxygens (including phenoxy) is 1. The number of fused-ring (bicyclic) bond motifs is 1. The molecule has 1 aliphatic rings. The van der Waals surface area contributed by atoms with E-state index in [0.29, 0.717) is 18.8 Å². The minimum Gasteiger partial charge on any atom is -0.494 e. The molecule has 2 N–H and O–H groups in total. The van der Waals surface area contributed by atoms with Gasteiger partial charge in [-0.2, -0.15) is 0 Å². The number of hydrogen-bond donors (Lipinski definition) is 2. The van der Waals surface area contributed by atoms with Gasteiger partial charge in [-0.25, -0.2) is 4.98 Å². The van der Waals surface area contributed by atoms with Crippen molar-refractivity contribution < 1.29 is 9.53 Å². The van der Waals surface area contributed by atoms with Crippen molar-refractivity contribution >= 4 is 16.8 Å². The van der Waals surface area contributed by atoms with Crippen molar-refractivity contribution in [2.24, 2.45) is 0 Å². The summed E-state index contributed by atoms with van der Waals surface area (Å²) in [7, 11) is 0. The van der Waals surface area contributed by atoms with E-state index in [-0.39, 0.29) is 11.9 Å². The van der Waals surface area contributed by atoms with Gasteiger partial charge in [0.15, 0.2) is 5.69 Å². The van der Waals surface area contributed by atoms with Crippen molar-refractivity contribution in [1.82, 2.24) is 24.8 Å². The molecule has 1 atom stereocenters. The number of amides is 1. The Morgan fingerprint density at radius 1 is 1.00 bits per heavy atom. The summed E-state index contributed by atoms with van der Waals surface area (Å²) >= 11 is 0. The topological polar surface area (TPSA) is 75.2 Å². The van der Waals surface area contributed by atoms with E-state index in [9.17, 15) is 4.79 Å². The third kappa shape index (κ3) is 4.73. The zero-order chi connectivity index (χ0) is 25.0. The Bertz CT molecular complexity index is 1490. The van der Waals surface area contributed by atoms with Crippen LogP contribution in [0, 0.1) is 0 Å². The van der Waals surface area contributed by atoms with Gasteiger partial charge in [0.2, 0.25) is 0 Å². The predicted octanol–water partition coefficient (Wildman–Crippen LogP) is 4.90. The molecule has 37 heavy (non-hydrogen) atoms. The number of H-pyrrole nitrogens is 1. The van der Waals surface area contributed by atoms with Crippen LogP contribution in [0.4, 0.5) is 0 Å². The van der Waals surface area contributed by atoms with Crippen LogP contribution in [0.2, 0.25) is 0 Å². The van der Waals surface area contributed by atoms with E-state index in [4.69, 9.17) is 4.74 Å². The number of hydrogen-bond acceptors (Lipinski definition) is 4. The van der Waals surface area contributed by atoms with Gasteiger partial charge in [0.25, 0.3) is 5.91 Å². The summed E-state index contributed by atoms with van der Waals surface area (Å²) in [6, 6.07) is 28.1. The lowest BCUT2D eigenvalue weighted by Crippen LogP contribution is -2.54. The van der Waals surface area contributed by atoms with Gasteiger partial charge >= 0.3 is 0 Å². The third-order valence-corrected chi connectivity index (χ3v) is 6.91. The standard InChI is InChI=1S/C30H29N5O2/c36-30(34-17-16-31-20-25(34)14-18-37-26-9-5-2-6-10-26)28-29(23-7-3-1-4-8-23)35(21-33-28)24-12-11-22-13-15-32-27(22)19-24/h1-13,15,19,21,25,31-32H,14,16-18,20H2/t25-/m1/s1. The zero-order valence-electron chi connectivity index (χ0n) is 20.5. The van der Waals surface area contributed by atoms with Gasteiger partial charge < -0.3 is 19.9 Å². The van der Waals surface area contributed by atoms with Gasteiger partial charge in [-0.05, 0) is 35.7 Å². The van der Waals surface area contributed by atoms with Crippen molar-refractivity contribution in [3.8, 4) is 22.7 Å². The molecule has 3 aromatic carbocycles. The molecular formula is C30H29N5O2. The molecule has 0 spiro atoms. The van der Waals surface area contributed by atoms with Crippen molar-refractivity contribution in [2.75, 3.05) is 26.2 Å². The van der Waals surface area contributed by atoms with Crippen LogP contribution in [0.15, 0.2) is 97.5 Å². The minimum absolute atomic E-state index is 0.0222. The summed E-state index contributed by atoms with van der Waals surface area (Å²) < 4.78 is 7.95. The van der Waals surface area contributed by atoms with Crippen molar-refractivity contribution in [3.05, 3.63) is 103 Å². The summed E-state index contributed by atoms with van der Waals surface area (Å²) in [6.45, 7) is 2.65. The molecule has 7 heteroatoms. The summed E-state index contributed by atoms with van der Waals surface area (Å²) in [5, 5.41) is 4.57. The van der Waals surface area contributed by atoms with Crippen LogP contribution in [-0.2, 0) is 0 Å². The highest BCUT2D eigenvalue weighted by Gasteiger charge is 2.31. The van der Waals surface area contributed by atoms with Gasteiger partial charge in [0.05, 0.1) is 12.3 Å². The Morgan fingerprint density at radius 2 is 1.81 bits per heavy atom. The summed E-state index contributed by atoms with van der Waals surface area (Å²) in [5.41, 5.74) is 4.21. The van der Waals surface area contributed by atoms with Crippen LogP contribution in [0.3, 0.4) is 0 Å². The molecule has 6 rings (SSSR count). The number of benzene rings is 3. The normalized spacial score (nSPS) is 15.7. The summed E-state index contributed by atoms with van der Waals surface area (Å²) in [5.74, 6) is 0.790. The van der Waals surface area contributed by atoms with Crippen LogP contribution in [0.1, 0.15) is 16.9 Å². The third-order valence-electron chi connectivity index (χ3n) is 6.91. The lowest BCUT2D eigenvalue weighted by molar-refractivity contribution is 0.0601. The number of carbonyl (C=O) groups excluding carboxylic acids is 1. The molecule has 1 fully saturated rings. The molecule has 5 aromatic rings. The maximum atomic E-state index is 14.0. The molecule has 186 valence electrons. The molecule has 0 aliphatic carbocycles. The Morgan fingerprint density at radius 3 is 2.65 bits per heavy atom. The fourth-order valence-electron chi connectivity index (χ4n) is 5.01. The Kier molecular flexibility index (Phi) is 6.44. The Labute approximate surface area is 215 Å². The maximum absolute atomic E-state index is 14.0. The number of aromatic amines is 1. The predicted molar refractivity (Wildman–Crippen MR) is 145 cm³/mol. The number of rotatable bonds is 7. The second kappa shape index (κ2) is 10.3. The van der Waals surface area contributed by atoms with E-state index >= 15 is 0 Å². The Balaban J connectivity index is 1.31. The minimum atomic E-state index is -0.0511. The van der Waals surface area contributed by atoms with Crippen LogP contribution in [0.25, 0.3) is 27.8 Å². The number of nitrogens with zero attached hydrogens (tertiary/aromatic N) is 3. The Hall–Kier alpha value is -4.36. The van der Waals surface area contributed by atoms with Gasteiger partial charge in [-0.3, -0.25) is 9.36 Å². The van der Waals surface area contributed by atoms with E-state index in [2.05, 4.69) is 33.5 Å². The van der Waals surface area contributed by atoms with Gasteiger partial charge in [-0.15, -0.1) is 0 Å². The fraction of sp³-hybridized carbons (Fsp3) is 0.200. The first-order valence-corrected chi connectivity index (χ1v) is 12.7. The summed E-state index contributed by atoms with van der Waals surface area (Å²) in [4.78, 5) is 23.9. The van der Waals surface area contributed by atoms with Crippen LogP contribution < -0.4 is 10.1 Å². The second-order valence-electron chi connectivity index (χ2n) is 9.23. The van der Waals surface area contributed by atoms with Crippen LogP contribution in [-0.4, -0.2) is 57.6 Å². The number of para-hydroxylation sites is 1. The van der Waals surface area contributed by atoms with Gasteiger partial charge in [0, 0.05) is 55.1 Å². The number of carbonyl (C=O) groups is 1. The monoisotopic (exact) mass is 491 g/mol. The van der Waals surface area contributed by atoms with Gasteiger partial charge in [0.1, 0.15) is 12.1 Å².